The van der Waals surface area contributed by atoms with Gasteiger partial charge in [0.2, 0.25) is 0 Å². The van der Waals surface area contributed by atoms with Crippen LogP contribution >= 0.6 is 11.8 Å². The number of hydrogen-bond acceptors (Lipinski definition) is 6. The van der Waals surface area contributed by atoms with Crippen LogP contribution in [0.15, 0.2) is 29.4 Å². The SMILES string of the molecule is Cc1nnc(SCC(O)COc2ccccc2N)n1C. The van der Waals surface area contributed by atoms with E-state index >= 15 is 0 Å². The van der Waals surface area contributed by atoms with E-state index in [9.17, 15) is 5.11 Å². The van der Waals surface area contributed by atoms with Gasteiger partial charge in [0.15, 0.2) is 5.16 Å². The van der Waals surface area contributed by atoms with Crippen molar-refractivity contribution in [1.29, 1.82) is 0 Å². The molecule has 108 valence electrons. The normalized spacial score (nSPS) is 12.3. The lowest BCUT2D eigenvalue weighted by Crippen LogP contribution is -2.20. The number of aliphatic hydroxyl groups excluding tert-OH is 1. The zero-order chi connectivity index (χ0) is 14.5. The Bertz CT molecular complexity index is 573. The standard InChI is InChI=1S/C13H18N4O2S/c1-9-15-16-13(17(9)2)20-8-10(18)7-19-12-6-4-3-5-11(12)14/h3-6,10,18H,7-8,14H2,1-2H3. The number of aromatic nitrogens is 3. The fourth-order valence-electron chi connectivity index (χ4n) is 1.53. The maximum atomic E-state index is 9.92. The second kappa shape index (κ2) is 6.62. The van der Waals surface area contributed by atoms with E-state index in [0.29, 0.717) is 17.2 Å². The fourth-order valence-corrected chi connectivity index (χ4v) is 2.39. The average Bonchev–Trinajstić information content (AvgIpc) is 2.76. The highest BCUT2D eigenvalue weighted by Crippen LogP contribution is 2.21. The van der Waals surface area contributed by atoms with Gasteiger partial charge in [0.05, 0.1) is 11.8 Å². The van der Waals surface area contributed by atoms with Crippen LogP contribution in [0.25, 0.3) is 0 Å². The number of aryl methyl sites for hydroxylation is 1. The van der Waals surface area contributed by atoms with Crippen molar-refractivity contribution in [2.75, 3.05) is 18.1 Å². The number of anilines is 1. The summed E-state index contributed by atoms with van der Waals surface area (Å²) in [5, 5.41) is 18.7. The van der Waals surface area contributed by atoms with Gasteiger partial charge in [-0.2, -0.15) is 0 Å². The van der Waals surface area contributed by atoms with E-state index in [4.69, 9.17) is 10.5 Å². The molecule has 0 spiro atoms. The van der Waals surface area contributed by atoms with Crippen LogP contribution in [0.3, 0.4) is 0 Å². The molecule has 1 aromatic carbocycles. The van der Waals surface area contributed by atoms with Gasteiger partial charge in [-0.3, -0.25) is 0 Å². The van der Waals surface area contributed by atoms with E-state index < -0.39 is 6.10 Å². The van der Waals surface area contributed by atoms with Gasteiger partial charge in [-0.05, 0) is 19.1 Å². The smallest absolute Gasteiger partial charge is 0.191 e. The zero-order valence-electron chi connectivity index (χ0n) is 11.5. The van der Waals surface area contributed by atoms with Gasteiger partial charge in [-0.25, -0.2) is 0 Å². The van der Waals surface area contributed by atoms with E-state index in [1.807, 2.05) is 30.7 Å². The molecule has 0 aliphatic carbocycles. The molecule has 6 nitrogen and oxygen atoms in total. The monoisotopic (exact) mass is 294 g/mol. The molecular formula is C13H18N4O2S. The third kappa shape index (κ3) is 3.64. The number of para-hydroxylation sites is 2. The Kier molecular flexibility index (Phi) is 4.86. The van der Waals surface area contributed by atoms with Crippen LogP contribution in [0.4, 0.5) is 5.69 Å². The Morgan fingerprint density at radius 2 is 2.15 bits per heavy atom. The molecule has 2 aromatic rings. The molecule has 7 heteroatoms. The summed E-state index contributed by atoms with van der Waals surface area (Å²) < 4.78 is 7.37. The summed E-state index contributed by atoms with van der Waals surface area (Å²) in [7, 11) is 1.89. The fraction of sp³-hybridized carbons (Fsp3) is 0.385. The van der Waals surface area contributed by atoms with Gasteiger partial charge in [-0.1, -0.05) is 23.9 Å². The van der Waals surface area contributed by atoms with Crippen LogP contribution in [0, 0.1) is 6.92 Å². The number of ether oxygens (including phenoxy) is 1. The summed E-state index contributed by atoms with van der Waals surface area (Å²) in [6, 6.07) is 7.22. The first-order chi connectivity index (χ1) is 9.58. The number of benzene rings is 1. The quantitative estimate of drug-likeness (QED) is 0.616. The lowest BCUT2D eigenvalue weighted by Gasteiger charge is -2.13. The Morgan fingerprint density at radius 1 is 1.40 bits per heavy atom. The highest BCUT2D eigenvalue weighted by molar-refractivity contribution is 7.99. The van der Waals surface area contributed by atoms with Crippen molar-refractivity contribution in [2.24, 2.45) is 7.05 Å². The molecule has 0 saturated heterocycles. The van der Waals surface area contributed by atoms with Crippen molar-refractivity contribution in [2.45, 2.75) is 18.2 Å². The van der Waals surface area contributed by atoms with E-state index in [0.717, 1.165) is 11.0 Å². The lowest BCUT2D eigenvalue weighted by atomic mass is 10.3. The second-order valence-electron chi connectivity index (χ2n) is 4.40. The van der Waals surface area contributed by atoms with Gasteiger partial charge in [0.25, 0.3) is 0 Å². The minimum Gasteiger partial charge on any atom is -0.489 e. The topological polar surface area (TPSA) is 86.2 Å². The van der Waals surface area contributed by atoms with Crippen molar-refractivity contribution >= 4 is 17.4 Å². The molecule has 1 atom stereocenters. The first-order valence-corrected chi connectivity index (χ1v) is 7.20. The number of aliphatic hydroxyl groups is 1. The number of rotatable bonds is 6. The molecular weight excluding hydrogens is 276 g/mol. The molecule has 0 aliphatic rings. The molecule has 0 radical (unpaired) electrons. The van der Waals surface area contributed by atoms with Crippen LogP contribution < -0.4 is 10.5 Å². The molecule has 3 N–H and O–H groups in total. The van der Waals surface area contributed by atoms with Crippen LogP contribution in [0.1, 0.15) is 5.82 Å². The number of nitrogen functional groups attached to an aromatic ring is 1. The minimum atomic E-state index is -0.600. The number of thioether (sulfide) groups is 1. The third-order valence-electron chi connectivity index (χ3n) is 2.81. The number of nitrogens with two attached hydrogens (primary N) is 1. The summed E-state index contributed by atoms with van der Waals surface area (Å²) in [5.74, 6) is 1.92. The molecule has 1 aromatic heterocycles. The Morgan fingerprint density at radius 3 is 2.80 bits per heavy atom. The van der Waals surface area contributed by atoms with Crippen molar-refractivity contribution in [3.05, 3.63) is 30.1 Å². The van der Waals surface area contributed by atoms with E-state index in [1.165, 1.54) is 11.8 Å². The van der Waals surface area contributed by atoms with Gasteiger partial charge >= 0.3 is 0 Å². The first-order valence-electron chi connectivity index (χ1n) is 6.22. The van der Waals surface area contributed by atoms with E-state index in [2.05, 4.69) is 10.2 Å². The predicted molar refractivity (Wildman–Crippen MR) is 78.8 cm³/mol. The molecule has 0 amide bonds. The maximum Gasteiger partial charge on any atom is 0.191 e. The minimum absolute atomic E-state index is 0.193. The van der Waals surface area contributed by atoms with Crippen LogP contribution in [0.2, 0.25) is 0 Å². The van der Waals surface area contributed by atoms with Gasteiger partial charge in [0.1, 0.15) is 18.2 Å². The van der Waals surface area contributed by atoms with Gasteiger partial charge < -0.3 is 20.1 Å². The predicted octanol–water partition coefficient (Wildman–Crippen LogP) is 1.24. The zero-order valence-corrected chi connectivity index (χ0v) is 12.3. The highest BCUT2D eigenvalue weighted by Gasteiger charge is 2.11. The van der Waals surface area contributed by atoms with E-state index in [-0.39, 0.29) is 6.61 Å². The van der Waals surface area contributed by atoms with Crippen LogP contribution in [-0.2, 0) is 7.05 Å². The summed E-state index contributed by atoms with van der Waals surface area (Å²) in [6.45, 7) is 2.08. The molecule has 2 rings (SSSR count). The second-order valence-corrected chi connectivity index (χ2v) is 5.39. The highest BCUT2D eigenvalue weighted by atomic mass is 32.2. The van der Waals surface area contributed by atoms with Crippen molar-refractivity contribution in [1.82, 2.24) is 14.8 Å². The molecule has 0 aliphatic heterocycles. The van der Waals surface area contributed by atoms with Gasteiger partial charge in [-0.15, -0.1) is 10.2 Å². The number of hydrogen-bond donors (Lipinski definition) is 2. The van der Waals surface area contributed by atoms with E-state index in [1.54, 1.807) is 12.1 Å². The average molecular weight is 294 g/mol. The van der Waals surface area contributed by atoms with Crippen LogP contribution in [-0.4, -0.2) is 38.3 Å². The van der Waals surface area contributed by atoms with Gasteiger partial charge in [0, 0.05) is 12.8 Å². The Hall–Kier alpha value is -1.73. The largest absolute Gasteiger partial charge is 0.489 e. The molecule has 0 fully saturated rings. The number of nitrogens with zero attached hydrogens (tertiary/aromatic N) is 3. The third-order valence-corrected chi connectivity index (χ3v) is 3.97. The molecule has 1 heterocycles. The van der Waals surface area contributed by atoms with Crippen molar-refractivity contribution in [3.8, 4) is 5.75 Å². The van der Waals surface area contributed by atoms with Crippen LogP contribution in [0.5, 0.6) is 5.75 Å². The molecule has 1 unspecified atom stereocenters. The Balaban J connectivity index is 1.80. The maximum absolute atomic E-state index is 9.92. The van der Waals surface area contributed by atoms with Crippen molar-refractivity contribution < 1.29 is 9.84 Å². The first kappa shape index (κ1) is 14.7. The summed E-state index contributed by atoms with van der Waals surface area (Å²) in [6.07, 6.45) is -0.600. The molecule has 0 bridgehead atoms. The Labute approximate surface area is 122 Å². The summed E-state index contributed by atoms with van der Waals surface area (Å²) in [5.41, 5.74) is 6.33. The van der Waals surface area contributed by atoms with Crippen molar-refractivity contribution in [3.63, 3.8) is 0 Å². The molecule has 20 heavy (non-hydrogen) atoms. The summed E-state index contributed by atoms with van der Waals surface area (Å²) in [4.78, 5) is 0. The lowest BCUT2D eigenvalue weighted by molar-refractivity contribution is 0.127. The molecule has 0 saturated carbocycles. The summed E-state index contributed by atoms with van der Waals surface area (Å²) >= 11 is 1.44.